The molecule has 11 nitrogen and oxygen atoms in total. The molecule has 3 aromatic rings. The number of amides is 1. The van der Waals surface area contributed by atoms with Gasteiger partial charge in [0.2, 0.25) is 5.91 Å². The molecule has 0 saturated carbocycles. The molecule has 1 heterocycles. The molecule has 0 fully saturated rings. The topological polar surface area (TPSA) is 142 Å². The minimum absolute atomic E-state index is 0.130. The van der Waals surface area contributed by atoms with Crippen LogP contribution in [0.5, 0.6) is 11.5 Å². The van der Waals surface area contributed by atoms with E-state index in [1.807, 2.05) is 0 Å². The highest BCUT2D eigenvalue weighted by molar-refractivity contribution is 6.31. The van der Waals surface area contributed by atoms with Crippen LogP contribution in [0.15, 0.2) is 48.8 Å². The van der Waals surface area contributed by atoms with Gasteiger partial charge in [-0.2, -0.15) is 5.10 Å². The fourth-order valence-electron chi connectivity index (χ4n) is 2.95. The number of anilines is 1. The van der Waals surface area contributed by atoms with Crippen LogP contribution in [0.3, 0.4) is 0 Å². The van der Waals surface area contributed by atoms with Crippen LogP contribution in [-0.4, -0.2) is 25.5 Å². The molecule has 1 unspecified atom stereocenters. The highest BCUT2D eigenvalue weighted by Crippen LogP contribution is 2.32. The lowest BCUT2D eigenvalue weighted by atomic mass is 10.2. The van der Waals surface area contributed by atoms with Gasteiger partial charge in [0.15, 0.2) is 0 Å². The van der Waals surface area contributed by atoms with Crippen LogP contribution in [0.25, 0.3) is 0 Å². The zero-order valence-corrected chi connectivity index (χ0v) is 17.8. The Hall–Kier alpha value is -3.99. The van der Waals surface area contributed by atoms with Gasteiger partial charge in [0.1, 0.15) is 29.9 Å². The summed E-state index contributed by atoms with van der Waals surface area (Å²) in [6, 6.07) is 7.94. The summed E-state index contributed by atoms with van der Waals surface area (Å²) in [6.07, 6.45) is 2.48. The van der Waals surface area contributed by atoms with Crippen LogP contribution in [-0.2, 0) is 4.79 Å². The average molecular weight is 460 g/mol. The van der Waals surface area contributed by atoms with E-state index in [9.17, 15) is 25.0 Å². The van der Waals surface area contributed by atoms with Gasteiger partial charge in [-0.3, -0.25) is 29.7 Å². The van der Waals surface area contributed by atoms with Gasteiger partial charge in [0.25, 0.3) is 5.69 Å². The van der Waals surface area contributed by atoms with Gasteiger partial charge in [-0.25, -0.2) is 0 Å². The predicted molar refractivity (Wildman–Crippen MR) is 116 cm³/mol. The summed E-state index contributed by atoms with van der Waals surface area (Å²) in [4.78, 5) is 33.8. The molecule has 166 valence electrons. The molecule has 0 aliphatic carbocycles. The Morgan fingerprint density at radius 1 is 1.16 bits per heavy atom. The van der Waals surface area contributed by atoms with E-state index < -0.39 is 21.8 Å². The van der Waals surface area contributed by atoms with E-state index in [2.05, 4.69) is 10.4 Å². The number of nitro groups is 2. The first-order chi connectivity index (χ1) is 15.2. The number of carbonyl (C=O) groups excluding carboxylic acids is 1. The molecule has 1 N–H and O–H groups in total. The summed E-state index contributed by atoms with van der Waals surface area (Å²) in [5.41, 5.74) is 0.360. The Kier molecular flexibility index (Phi) is 6.69. The van der Waals surface area contributed by atoms with Crippen molar-refractivity contribution in [3.8, 4) is 11.5 Å². The number of halogens is 1. The third-order valence-electron chi connectivity index (χ3n) is 4.54. The van der Waals surface area contributed by atoms with Crippen molar-refractivity contribution >= 4 is 34.6 Å². The number of benzene rings is 2. The largest absolute Gasteiger partial charge is 0.457 e. The van der Waals surface area contributed by atoms with Crippen molar-refractivity contribution in [2.75, 3.05) is 5.32 Å². The summed E-state index contributed by atoms with van der Waals surface area (Å²) in [7, 11) is 0. The van der Waals surface area contributed by atoms with E-state index in [4.69, 9.17) is 16.3 Å². The quantitative estimate of drug-likeness (QED) is 0.367. The number of nitrogens with one attached hydrogen (secondary N) is 1. The van der Waals surface area contributed by atoms with Gasteiger partial charge in [0, 0.05) is 17.2 Å². The molecule has 0 radical (unpaired) electrons. The Morgan fingerprint density at radius 3 is 2.47 bits per heavy atom. The molecule has 32 heavy (non-hydrogen) atoms. The van der Waals surface area contributed by atoms with Crippen molar-refractivity contribution in [2.24, 2.45) is 0 Å². The summed E-state index contributed by atoms with van der Waals surface area (Å²) < 4.78 is 6.90. The van der Waals surface area contributed by atoms with Crippen LogP contribution in [0.4, 0.5) is 17.1 Å². The first-order valence-electron chi connectivity index (χ1n) is 9.40. The highest BCUT2D eigenvalue weighted by Gasteiger charge is 2.23. The number of nitro benzene ring substituents is 1. The van der Waals surface area contributed by atoms with Gasteiger partial charge in [-0.15, -0.1) is 0 Å². The van der Waals surface area contributed by atoms with Crippen molar-refractivity contribution < 1.29 is 19.4 Å². The van der Waals surface area contributed by atoms with Crippen LogP contribution in [0, 0.1) is 27.2 Å². The number of non-ortho nitro benzene ring substituents is 1. The summed E-state index contributed by atoms with van der Waals surface area (Å²) >= 11 is 6.01. The number of hydrogen-bond acceptors (Lipinski definition) is 7. The summed E-state index contributed by atoms with van der Waals surface area (Å²) in [5.74, 6) is 0.0123. The lowest BCUT2D eigenvalue weighted by molar-refractivity contribution is -0.385. The molecular weight excluding hydrogens is 442 g/mol. The maximum atomic E-state index is 12.8. The standard InChI is InChI=1S/C20H18ClN5O6/c1-3-19(24-11-15(10-22-24)26(30)31)20(27)23-13-7-14(25(28)29)9-17(8-13)32-16-4-5-18(21)12(2)6-16/h4-11,19H,3H2,1-2H3,(H,23,27). The summed E-state index contributed by atoms with van der Waals surface area (Å²) in [6.45, 7) is 3.50. The van der Waals surface area contributed by atoms with Gasteiger partial charge < -0.3 is 10.1 Å². The van der Waals surface area contributed by atoms with Crippen LogP contribution in [0.2, 0.25) is 5.02 Å². The maximum absolute atomic E-state index is 12.8. The van der Waals surface area contributed by atoms with Crippen molar-refractivity contribution in [1.82, 2.24) is 9.78 Å². The SMILES string of the molecule is CCC(C(=O)Nc1cc(Oc2ccc(Cl)c(C)c2)cc([N+](=O)[O-])c1)n1cc([N+](=O)[O-])cn1. The minimum Gasteiger partial charge on any atom is -0.457 e. The number of hydrogen-bond donors (Lipinski definition) is 1. The van der Waals surface area contributed by atoms with Crippen LogP contribution < -0.4 is 10.1 Å². The molecule has 1 amide bonds. The first kappa shape index (κ1) is 22.7. The monoisotopic (exact) mass is 459 g/mol. The number of aryl methyl sites for hydroxylation is 1. The molecule has 0 spiro atoms. The second-order valence-corrected chi connectivity index (χ2v) is 7.24. The number of nitrogens with zero attached hydrogens (tertiary/aromatic N) is 4. The molecule has 1 atom stereocenters. The van der Waals surface area contributed by atoms with Crippen molar-refractivity contribution in [3.63, 3.8) is 0 Å². The third-order valence-corrected chi connectivity index (χ3v) is 4.97. The van der Waals surface area contributed by atoms with E-state index in [1.165, 1.54) is 22.9 Å². The van der Waals surface area contributed by atoms with Crippen molar-refractivity contribution in [2.45, 2.75) is 26.3 Å². The molecule has 12 heteroatoms. The van der Waals surface area contributed by atoms with E-state index in [-0.39, 0.29) is 29.2 Å². The average Bonchev–Trinajstić information content (AvgIpc) is 3.21. The Bertz CT molecular complexity index is 1190. The zero-order valence-electron chi connectivity index (χ0n) is 17.0. The number of aromatic nitrogens is 2. The molecule has 3 rings (SSSR count). The van der Waals surface area contributed by atoms with E-state index in [0.29, 0.717) is 10.8 Å². The van der Waals surface area contributed by atoms with Gasteiger partial charge >= 0.3 is 5.69 Å². The molecule has 0 bridgehead atoms. The zero-order chi connectivity index (χ0) is 23.4. The predicted octanol–water partition coefficient (Wildman–Crippen LogP) is 5.04. The Morgan fingerprint density at radius 2 is 1.88 bits per heavy atom. The molecule has 2 aromatic carbocycles. The fourth-order valence-corrected chi connectivity index (χ4v) is 3.07. The van der Waals surface area contributed by atoms with Crippen LogP contribution in [0.1, 0.15) is 24.9 Å². The second kappa shape index (κ2) is 9.43. The first-order valence-corrected chi connectivity index (χ1v) is 9.78. The molecule has 0 aliphatic heterocycles. The molecule has 0 saturated heterocycles. The van der Waals surface area contributed by atoms with E-state index in [0.717, 1.165) is 18.0 Å². The number of ether oxygens (including phenoxy) is 1. The lowest BCUT2D eigenvalue weighted by Crippen LogP contribution is -2.26. The minimum atomic E-state index is -0.855. The Labute approximate surface area is 186 Å². The van der Waals surface area contributed by atoms with Gasteiger partial charge in [0.05, 0.1) is 21.6 Å². The lowest BCUT2D eigenvalue weighted by Gasteiger charge is -2.16. The molecular formula is C20H18ClN5O6. The number of rotatable bonds is 8. The molecule has 1 aromatic heterocycles. The summed E-state index contributed by atoms with van der Waals surface area (Å²) in [5, 5.41) is 29.3. The maximum Gasteiger partial charge on any atom is 0.307 e. The second-order valence-electron chi connectivity index (χ2n) is 6.83. The Balaban J connectivity index is 1.86. The van der Waals surface area contributed by atoms with Crippen LogP contribution >= 0.6 is 11.6 Å². The van der Waals surface area contributed by atoms with Crippen molar-refractivity contribution in [1.29, 1.82) is 0 Å². The molecule has 0 aliphatic rings. The highest BCUT2D eigenvalue weighted by atomic mass is 35.5. The van der Waals surface area contributed by atoms with E-state index in [1.54, 1.807) is 32.0 Å². The smallest absolute Gasteiger partial charge is 0.307 e. The van der Waals surface area contributed by atoms with Gasteiger partial charge in [-0.1, -0.05) is 18.5 Å². The fraction of sp³-hybridized carbons (Fsp3) is 0.200. The van der Waals surface area contributed by atoms with Crippen molar-refractivity contribution in [3.05, 3.63) is 79.6 Å². The normalized spacial score (nSPS) is 11.6. The third kappa shape index (κ3) is 5.19. The van der Waals surface area contributed by atoms with E-state index >= 15 is 0 Å². The number of carbonyl (C=O) groups is 1. The van der Waals surface area contributed by atoms with Gasteiger partial charge in [-0.05, 0) is 37.1 Å².